The Hall–Kier alpha value is -1.57. The minimum Gasteiger partial charge on any atom is -0.483 e. The number of sulfone groups is 1. The molecule has 0 radical (unpaired) electrons. The highest BCUT2D eigenvalue weighted by Crippen LogP contribution is 2.24. The van der Waals surface area contributed by atoms with Crippen molar-refractivity contribution in [3.63, 3.8) is 0 Å². The number of rotatable bonds is 6. The van der Waals surface area contributed by atoms with Gasteiger partial charge in [-0.2, -0.15) is 0 Å². The first-order chi connectivity index (χ1) is 13.2. The van der Waals surface area contributed by atoms with Gasteiger partial charge in [0, 0.05) is 22.1 Å². The highest BCUT2D eigenvalue weighted by atomic mass is 79.9. The molecule has 1 unspecified atom stereocenters. The molecular formula is C20H21BrClNO4S. The van der Waals surface area contributed by atoms with Crippen molar-refractivity contribution in [2.24, 2.45) is 0 Å². The van der Waals surface area contributed by atoms with Gasteiger partial charge in [-0.1, -0.05) is 39.7 Å². The Kier molecular flexibility index (Phi) is 6.68. The fourth-order valence-corrected chi connectivity index (χ4v) is 5.68. The third-order valence-electron chi connectivity index (χ3n) is 4.70. The molecule has 2 aromatic carbocycles. The third kappa shape index (κ3) is 5.49. The van der Waals surface area contributed by atoms with Gasteiger partial charge in [0.2, 0.25) is 0 Å². The van der Waals surface area contributed by atoms with Crippen molar-refractivity contribution in [2.45, 2.75) is 25.9 Å². The second-order valence-electron chi connectivity index (χ2n) is 6.91. The zero-order valence-corrected chi connectivity index (χ0v) is 18.6. The summed E-state index contributed by atoms with van der Waals surface area (Å²) in [5, 5.41) is 0.601. The van der Waals surface area contributed by atoms with Crippen LogP contribution in [-0.4, -0.2) is 43.4 Å². The van der Waals surface area contributed by atoms with Crippen molar-refractivity contribution >= 4 is 43.3 Å². The largest absolute Gasteiger partial charge is 0.483 e. The fourth-order valence-electron chi connectivity index (χ4n) is 3.27. The van der Waals surface area contributed by atoms with Gasteiger partial charge in [-0.25, -0.2) is 8.42 Å². The Morgan fingerprint density at radius 1 is 1.29 bits per heavy atom. The van der Waals surface area contributed by atoms with Crippen LogP contribution in [0.3, 0.4) is 0 Å². The van der Waals surface area contributed by atoms with Crippen LogP contribution in [-0.2, 0) is 21.2 Å². The summed E-state index contributed by atoms with van der Waals surface area (Å²) < 4.78 is 30.5. The maximum Gasteiger partial charge on any atom is 0.261 e. The van der Waals surface area contributed by atoms with E-state index in [2.05, 4.69) is 15.9 Å². The predicted molar refractivity (Wildman–Crippen MR) is 113 cm³/mol. The van der Waals surface area contributed by atoms with E-state index in [4.69, 9.17) is 16.3 Å². The van der Waals surface area contributed by atoms with Crippen LogP contribution >= 0.6 is 27.5 Å². The van der Waals surface area contributed by atoms with Gasteiger partial charge in [0.15, 0.2) is 16.4 Å². The molecule has 1 fully saturated rings. The number of hydrogen-bond acceptors (Lipinski definition) is 4. The lowest BCUT2D eigenvalue weighted by Crippen LogP contribution is -2.43. The molecule has 1 atom stereocenters. The van der Waals surface area contributed by atoms with Gasteiger partial charge in [0.1, 0.15) is 5.75 Å². The zero-order valence-electron chi connectivity index (χ0n) is 15.4. The summed E-state index contributed by atoms with van der Waals surface area (Å²) in [4.78, 5) is 14.6. The van der Waals surface area contributed by atoms with Crippen LogP contribution in [0.25, 0.3) is 0 Å². The molecule has 8 heteroatoms. The van der Waals surface area contributed by atoms with Crippen LogP contribution in [0.4, 0.5) is 0 Å². The molecule has 5 nitrogen and oxygen atoms in total. The van der Waals surface area contributed by atoms with Crippen molar-refractivity contribution in [1.82, 2.24) is 4.90 Å². The monoisotopic (exact) mass is 485 g/mol. The van der Waals surface area contributed by atoms with Gasteiger partial charge in [-0.05, 0) is 54.8 Å². The molecule has 0 aliphatic carbocycles. The molecule has 1 saturated heterocycles. The molecule has 2 aromatic rings. The van der Waals surface area contributed by atoms with E-state index in [1.54, 1.807) is 23.1 Å². The molecule has 0 spiro atoms. The average Bonchev–Trinajstić information content (AvgIpc) is 2.98. The van der Waals surface area contributed by atoms with E-state index in [0.29, 0.717) is 23.7 Å². The summed E-state index contributed by atoms with van der Waals surface area (Å²) in [6, 6.07) is 12.5. The highest BCUT2D eigenvalue weighted by molar-refractivity contribution is 9.10. The first-order valence-electron chi connectivity index (χ1n) is 8.87. The minimum absolute atomic E-state index is 0.00723. The molecule has 0 aromatic heterocycles. The van der Waals surface area contributed by atoms with Crippen LogP contribution in [0.5, 0.6) is 5.75 Å². The maximum atomic E-state index is 13.0. The molecule has 150 valence electrons. The van der Waals surface area contributed by atoms with Crippen molar-refractivity contribution in [3.05, 3.63) is 63.1 Å². The molecule has 1 heterocycles. The van der Waals surface area contributed by atoms with Crippen LogP contribution < -0.4 is 4.74 Å². The smallest absolute Gasteiger partial charge is 0.261 e. The summed E-state index contributed by atoms with van der Waals surface area (Å²) >= 11 is 9.39. The number of aryl methyl sites for hydroxylation is 1. The van der Waals surface area contributed by atoms with E-state index < -0.39 is 9.84 Å². The quantitative estimate of drug-likeness (QED) is 0.619. The standard InChI is InChI=1S/C20H21BrClNO4S/c1-14-9-17(22)5-6-19(14)27-12-20(24)23(18-7-8-28(25,26)13-18)11-15-3-2-4-16(21)10-15/h2-6,9-10,18H,7-8,11-13H2,1H3. The Morgan fingerprint density at radius 2 is 2.07 bits per heavy atom. The molecule has 0 bridgehead atoms. The first kappa shape index (κ1) is 21.1. The second kappa shape index (κ2) is 8.84. The molecule has 0 saturated carbocycles. The summed E-state index contributed by atoms with van der Waals surface area (Å²) in [7, 11) is -3.11. The number of hydrogen-bond donors (Lipinski definition) is 0. The Morgan fingerprint density at radius 3 is 2.71 bits per heavy atom. The molecule has 1 aliphatic heterocycles. The van der Waals surface area contributed by atoms with E-state index in [1.165, 1.54) is 0 Å². The number of carbonyl (C=O) groups is 1. The third-order valence-corrected chi connectivity index (χ3v) is 7.18. The number of nitrogens with zero attached hydrogens (tertiary/aromatic N) is 1. The Balaban J connectivity index is 1.76. The number of amides is 1. The van der Waals surface area contributed by atoms with Crippen LogP contribution in [0.15, 0.2) is 46.9 Å². The van der Waals surface area contributed by atoms with Gasteiger partial charge >= 0.3 is 0 Å². The molecular weight excluding hydrogens is 466 g/mol. The lowest BCUT2D eigenvalue weighted by molar-refractivity contribution is -0.136. The van der Waals surface area contributed by atoms with Gasteiger partial charge < -0.3 is 9.64 Å². The molecule has 1 amide bonds. The van der Waals surface area contributed by atoms with Crippen LogP contribution in [0, 0.1) is 6.92 Å². The first-order valence-corrected chi connectivity index (χ1v) is 11.9. The van der Waals surface area contributed by atoms with Gasteiger partial charge in [0.05, 0.1) is 11.5 Å². The predicted octanol–water partition coefficient (Wildman–Crippen LogP) is 4.01. The average molecular weight is 487 g/mol. The zero-order chi connectivity index (χ0) is 20.3. The number of ether oxygens (including phenoxy) is 1. The van der Waals surface area contributed by atoms with Gasteiger partial charge in [-0.3, -0.25) is 4.79 Å². The molecule has 1 aliphatic rings. The van der Waals surface area contributed by atoms with Crippen LogP contribution in [0.2, 0.25) is 5.02 Å². The van der Waals surface area contributed by atoms with Crippen molar-refractivity contribution in [1.29, 1.82) is 0 Å². The van der Waals surface area contributed by atoms with Gasteiger partial charge in [-0.15, -0.1) is 0 Å². The number of halogens is 2. The number of benzene rings is 2. The van der Waals surface area contributed by atoms with E-state index in [-0.39, 0.29) is 30.1 Å². The van der Waals surface area contributed by atoms with Gasteiger partial charge in [0.25, 0.3) is 5.91 Å². The molecule has 28 heavy (non-hydrogen) atoms. The highest BCUT2D eigenvalue weighted by Gasteiger charge is 2.34. The minimum atomic E-state index is -3.11. The summed E-state index contributed by atoms with van der Waals surface area (Å²) in [6.07, 6.45) is 0.446. The maximum absolute atomic E-state index is 13.0. The second-order valence-corrected chi connectivity index (χ2v) is 10.5. The van der Waals surface area contributed by atoms with E-state index in [1.807, 2.05) is 31.2 Å². The lowest BCUT2D eigenvalue weighted by Gasteiger charge is -2.28. The van der Waals surface area contributed by atoms with Crippen molar-refractivity contribution in [2.75, 3.05) is 18.1 Å². The van der Waals surface area contributed by atoms with Crippen molar-refractivity contribution < 1.29 is 17.9 Å². The van der Waals surface area contributed by atoms with E-state index in [0.717, 1.165) is 15.6 Å². The van der Waals surface area contributed by atoms with Crippen LogP contribution in [0.1, 0.15) is 17.5 Å². The summed E-state index contributed by atoms with van der Waals surface area (Å²) in [5.41, 5.74) is 1.76. The Bertz CT molecular complexity index is 980. The topological polar surface area (TPSA) is 63.7 Å². The normalized spacial score (nSPS) is 18.0. The SMILES string of the molecule is Cc1cc(Cl)ccc1OCC(=O)N(Cc1cccc(Br)c1)C1CCS(=O)(=O)C1. The summed E-state index contributed by atoms with van der Waals surface area (Å²) in [6.45, 7) is 2.03. The van der Waals surface area contributed by atoms with Crippen molar-refractivity contribution in [3.8, 4) is 5.75 Å². The molecule has 3 rings (SSSR count). The summed E-state index contributed by atoms with van der Waals surface area (Å²) in [5.74, 6) is 0.444. The Labute approximate surface area is 178 Å². The fraction of sp³-hybridized carbons (Fsp3) is 0.350. The van der Waals surface area contributed by atoms with E-state index >= 15 is 0 Å². The van der Waals surface area contributed by atoms with E-state index in [9.17, 15) is 13.2 Å². The lowest BCUT2D eigenvalue weighted by atomic mass is 10.1. The number of carbonyl (C=O) groups excluding carboxylic acids is 1. The molecule has 0 N–H and O–H groups in total.